The zero-order valence-electron chi connectivity index (χ0n) is 16.1. The number of aryl methyl sites for hydroxylation is 3. The number of ether oxygens (including phenoxy) is 1. The lowest BCUT2D eigenvalue weighted by molar-refractivity contribution is 0.0768. The first-order valence-corrected chi connectivity index (χ1v) is 8.90. The van der Waals surface area contributed by atoms with Gasteiger partial charge in [-0.3, -0.25) is 9.48 Å². The van der Waals surface area contributed by atoms with Crippen molar-refractivity contribution in [2.24, 2.45) is 0 Å². The lowest BCUT2D eigenvalue weighted by Gasteiger charge is -2.17. The first-order valence-electron chi connectivity index (χ1n) is 8.90. The van der Waals surface area contributed by atoms with Crippen molar-refractivity contribution >= 4 is 5.91 Å². The smallest absolute Gasteiger partial charge is 0.276 e. The second-order valence-electron chi connectivity index (χ2n) is 6.47. The molecule has 1 aromatic carbocycles. The summed E-state index contributed by atoms with van der Waals surface area (Å²) in [5.74, 6) is 1.12. The van der Waals surface area contributed by atoms with E-state index in [1.54, 1.807) is 25.1 Å². The van der Waals surface area contributed by atoms with Crippen LogP contribution in [-0.2, 0) is 19.7 Å². The van der Waals surface area contributed by atoms with Crippen LogP contribution in [0.25, 0.3) is 0 Å². The van der Waals surface area contributed by atoms with Crippen LogP contribution in [0.15, 0.2) is 41.1 Å². The van der Waals surface area contributed by atoms with Crippen LogP contribution < -0.4 is 4.74 Å². The second-order valence-corrected chi connectivity index (χ2v) is 6.47. The van der Waals surface area contributed by atoms with Crippen molar-refractivity contribution in [2.75, 3.05) is 7.05 Å². The number of carbonyl (C=O) groups excluding carboxylic acids is 1. The van der Waals surface area contributed by atoms with E-state index in [-0.39, 0.29) is 18.2 Å². The average Bonchev–Trinajstić information content (AvgIpc) is 3.25. The van der Waals surface area contributed by atoms with E-state index in [0.717, 1.165) is 23.6 Å². The van der Waals surface area contributed by atoms with E-state index in [1.165, 1.54) is 0 Å². The molecule has 0 fully saturated rings. The van der Waals surface area contributed by atoms with Crippen LogP contribution in [0.2, 0.25) is 0 Å². The molecule has 0 saturated heterocycles. The summed E-state index contributed by atoms with van der Waals surface area (Å²) < 4.78 is 13.0. The van der Waals surface area contributed by atoms with Gasteiger partial charge in [-0.05, 0) is 44.5 Å². The third kappa shape index (κ3) is 4.19. The van der Waals surface area contributed by atoms with Crippen LogP contribution in [0.1, 0.15) is 40.0 Å². The Kier molecular flexibility index (Phi) is 5.59. The Labute approximate surface area is 158 Å². The van der Waals surface area contributed by atoms with Gasteiger partial charge in [0.2, 0.25) is 0 Å². The van der Waals surface area contributed by atoms with Crippen molar-refractivity contribution in [1.82, 2.24) is 19.8 Å². The quantitative estimate of drug-likeness (QED) is 0.639. The van der Waals surface area contributed by atoms with Crippen LogP contribution in [-0.4, -0.2) is 32.8 Å². The van der Waals surface area contributed by atoms with Crippen molar-refractivity contribution in [2.45, 2.75) is 40.5 Å². The van der Waals surface area contributed by atoms with Crippen LogP contribution in [0.5, 0.6) is 5.75 Å². The maximum Gasteiger partial charge on any atom is 0.276 e. The average molecular weight is 368 g/mol. The highest BCUT2D eigenvalue weighted by atomic mass is 16.5. The van der Waals surface area contributed by atoms with Crippen LogP contribution in [0.3, 0.4) is 0 Å². The van der Waals surface area contributed by atoms with E-state index < -0.39 is 0 Å². The van der Waals surface area contributed by atoms with Gasteiger partial charge in [0.1, 0.15) is 18.1 Å². The van der Waals surface area contributed by atoms with Crippen molar-refractivity contribution in [3.8, 4) is 5.75 Å². The minimum absolute atomic E-state index is 0.210. The van der Waals surface area contributed by atoms with E-state index in [4.69, 9.17) is 9.26 Å². The van der Waals surface area contributed by atoms with Gasteiger partial charge in [0.15, 0.2) is 5.69 Å². The molecule has 27 heavy (non-hydrogen) atoms. The van der Waals surface area contributed by atoms with E-state index in [1.807, 2.05) is 48.9 Å². The first-order chi connectivity index (χ1) is 13.0. The minimum Gasteiger partial charge on any atom is -0.489 e. The zero-order chi connectivity index (χ0) is 19.4. The van der Waals surface area contributed by atoms with Gasteiger partial charge < -0.3 is 14.2 Å². The van der Waals surface area contributed by atoms with Gasteiger partial charge in [-0.1, -0.05) is 17.3 Å². The third-order valence-corrected chi connectivity index (χ3v) is 4.41. The Balaban J connectivity index is 1.73. The predicted molar refractivity (Wildman–Crippen MR) is 100 cm³/mol. The molecule has 7 heteroatoms. The Morgan fingerprint density at radius 2 is 2.11 bits per heavy atom. The normalized spacial score (nSPS) is 10.8. The fourth-order valence-corrected chi connectivity index (χ4v) is 2.86. The summed E-state index contributed by atoms with van der Waals surface area (Å²) >= 11 is 0. The molecule has 2 heterocycles. The highest BCUT2D eigenvalue weighted by Crippen LogP contribution is 2.20. The molecule has 0 atom stereocenters. The highest BCUT2D eigenvalue weighted by molar-refractivity contribution is 5.93. The molecule has 3 rings (SSSR count). The molecular weight excluding hydrogens is 344 g/mol. The number of hydrogen-bond donors (Lipinski definition) is 0. The maximum atomic E-state index is 12.9. The van der Waals surface area contributed by atoms with Gasteiger partial charge in [0, 0.05) is 19.8 Å². The fraction of sp³-hybridized carbons (Fsp3) is 0.350. The van der Waals surface area contributed by atoms with Gasteiger partial charge >= 0.3 is 0 Å². The number of aromatic nitrogens is 3. The van der Waals surface area contributed by atoms with E-state index in [0.29, 0.717) is 17.9 Å². The van der Waals surface area contributed by atoms with Gasteiger partial charge in [0.05, 0.1) is 17.8 Å². The topological polar surface area (TPSA) is 73.4 Å². The number of benzene rings is 1. The van der Waals surface area contributed by atoms with Crippen molar-refractivity contribution in [3.05, 3.63) is 64.8 Å². The summed E-state index contributed by atoms with van der Waals surface area (Å²) in [6.07, 6.45) is 1.73. The summed E-state index contributed by atoms with van der Waals surface area (Å²) in [5.41, 5.74) is 3.02. The van der Waals surface area contributed by atoms with Crippen molar-refractivity contribution in [3.63, 3.8) is 0 Å². The fourth-order valence-electron chi connectivity index (χ4n) is 2.86. The number of rotatable bonds is 7. The molecule has 0 aliphatic rings. The lowest BCUT2D eigenvalue weighted by Crippen LogP contribution is -2.28. The van der Waals surface area contributed by atoms with E-state index in [2.05, 4.69) is 10.3 Å². The first kappa shape index (κ1) is 18.7. The molecule has 0 radical (unpaired) electrons. The molecule has 0 N–H and O–H groups in total. The number of hydrogen-bond acceptors (Lipinski definition) is 5. The SMILES string of the molecule is CCn1nccc1CN(C)C(=O)c1noc(C)c1COc1cccc(C)c1. The molecule has 0 spiro atoms. The van der Waals surface area contributed by atoms with Gasteiger partial charge in [-0.15, -0.1) is 0 Å². The standard InChI is InChI=1S/C20H24N4O3/c1-5-24-16(9-10-21-24)12-23(4)20(25)19-18(15(3)27-22-19)13-26-17-8-6-7-14(2)11-17/h6-11H,5,12-13H2,1-4H3. The van der Waals surface area contributed by atoms with Gasteiger partial charge in [0.25, 0.3) is 5.91 Å². The number of carbonyl (C=O) groups is 1. The Bertz CT molecular complexity index is 929. The third-order valence-electron chi connectivity index (χ3n) is 4.41. The monoisotopic (exact) mass is 368 g/mol. The molecule has 3 aromatic rings. The summed E-state index contributed by atoms with van der Waals surface area (Å²) in [7, 11) is 1.74. The number of amides is 1. The highest BCUT2D eigenvalue weighted by Gasteiger charge is 2.24. The van der Waals surface area contributed by atoms with Crippen molar-refractivity contribution < 1.29 is 14.1 Å². The van der Waals surface area contributed by atoms with Gasteiger partial charge in [-0.25, -0.2) is 0 Å². The molecule has 0 saturated carbocycles. The zero-order valence-corrected chi connectivity index (χ0v) is 16.1. The molecule has 0 unspecified atom stereocenters. The molecule has 0 aliphatic heterocycles. The summed E-state index contributed by atoms with van der Waals surface area (Å²) in [6, 6.07) is 9.67. The maximum absolute atomic E-state index is 12.9. The summed E-state index contributed by atoms with van der Waals surface area (Å²) in [4.78, 5) is 14.5. The van der Waals surface area contributed by atoms with E-state index in [9.17, 15) is 4.79 Å². The largest absolute Gasteiger partial charge is 0.489 e. The Morgan fingerprint density at radius 1 is 1.30 bits per heavy atom. The van der Waals surface area contributed by atoms with Crippen LogP contribution in [0.4, 0.5) is 0 Å². The Hall–Kier alpha value is -3.09. The Morgan fingerprint density at radius 3 is 2.85 bits per heavy atom. The molecular formula is C20H24N4O3. The molecule has 7 nitrogen and oxygen atoms in total. The molecule has 0 bridgehead atoms. The van der Waals surface area contributed by atoms with Crippen LogP contribution >= 0.6 is 0 Å². The summed E-state index contributed by atoms with van der Waals surface area (Å²) in [6.45, 7) is 7.22. The predicted octanol–water partition coefficient (Wildman–Crippen LogP) is 3.36. The van der Waals surface area contributed by atoms with Crippen LogP contribution in [0, 0.1) is 13.8 Å². The van der Waals surface area contributed by atoms with Crippen molar-refractivity contribution in [1.29, 1.82) is 0 Å². The molecule has 0 aliphatic carbocycles. The van der Waals surface area contributed by atoms with E-state index >= 15 is 0 Å². The van der Waals surface area contributed by atoms with Gasteiger partial charge in [-0.2, -0.15) is 5.10 Å². The molecule has 1 amide bonds. The molecule has 2 aromatic heterocycles. The minimum atomic E-state index is -0.210. The summed E-state index contributed by atoms with van der Waals surface area (Å²) in [5, 5.41) is 8.21. The second kappa shape index (κ2) is 8.07. The lowest BCUT2D eigenvalue weighted by atomic mass is 10.2. The molecule has 142 valence electrons. The number of nitrogens with zero attached hydrogens (tertiary/aromatic N) is 4.